The number of hydrogen-bond donors (Lipinski definition) is 1. The Morgan fingerprint density at radius 2 is 1.94 bits per heavy atom. The van der Waals surface area contributed by atoms with Gasteiger partial charge in [0.05, 0.1) is 0 Å². The van der Waals surface area contributed by atoms with Crippen LogP contribution in [0.15, 0.2) is 18.3 Å². The van der Waals surface area contributed by atoms with Gasteiger partial charge in [-0.25, -0.2) is 0 Å². The molecule has 2 aromatic rings. The lowest BCUT2D eigenvalue weighted by Gasteiger charge is -2.18. The predicted octanol–water partition coefficient (Wildman–Crippen LogP) is 2.48. The van der Waals surface area contributed by atoms with Gasteiger partial charge in [0.15, 0.2) is 5.01 Å². The first-order chi connectivity index (χ1) is 7.47. The van der Waals surface area contributed by atoms with Crippen molar-refractivity contribution < 1.29 is 0 Å². The van der Waals surface area contributed by atoms with Crippen molar-refractivity contribution in [2.24, 2.45) is 0 Å². The number of aromatic nitrogens is 3. The Hall–Kier alpha value is -1.49. The minimum absolute atomic E-state index is 0.117. The van der Waals surface area contributed by atoms with Crippen molar-refractivity contribution >= 4 is 16.5 Å². The summed E-state index contributed by atoms with van der Waals surface area (Å²) in [7, 11) is 0. The van der Waals surface area contributed by atoms with Crippen LogP contribution in [-0.4, -0.2) is 15.2 Å². The monoisotopic (exact) mass is 234 g/mol. The van der Waals surface area contributed by atoms with Crippen LogP contribution in [0.1, 0.15) is 26.3 Å². The van der Waals surface area contributed by atoms with Crippen molar-refractivity contribution in [1.29, 1.82) is 0 Å². The first-order valence-electron chi connectivity index (χ1n) is 5.03. The molecule has 0 aliphatic rings. The maximum absolute atomic E-state index is 5.53. The van der Waals surface area contributed by atoms with E-state index in [2.05, 4.69) is 42.0 Å². The Labute approximate surface area is 98.6 Å². The van der Waals surface area contributed by atoms with E-state index in [9.17, 15) is 0 Å². The third-order valence-corrected chi connectivity index (χ3v) is 3.06. The lowest BCUT2D eigenvalue weighted by atomic mass is 9.88. The molecular weight excluding hydrogens is 220 g/mol. The minimum Gasteiger partial charge on any atom is -0.374 e. The number of anilines is 1. The average molecular weight is 234 g/mol. The highest BCUT2D eigenvalue weighted by Crippen LogP contribution is 2.26. The number of pyridine rings is 1. The van der Waals surface area contributed by atoms with Gasteiger partial charge >= 0.3 is 0 Å². The van der Waals surface area contributed by atoms with E-state index in [1.54, 1.807) is 0 Å². The summed E-state index contributed by atoms with van der Waals surface area (Å²) in [5.74, 6) is 0. The molecule has 0 saturated carbocycles. The smallest absolute Gasteiger partial charge is 0.203 e. The molecule has 2 aromatic heterocycles. The summed E-state index contributed by atoms with van der Waals surface area (Å²) in [6.45, 7) is 6.48. The lowest BCUT2D eigenvalue weighted by molar-refractivity contribution is 0.587. The van der Waals surface area contributed by atoms with E-state index in [0.717, 1.165) is 10.7 Å². The third kappa shape index (κ3) is 2.19. The van der Waals surface area contributed by atoms with Gasteiger partial charge in [0.25, 0.3) is 0 Å². The van der Waals surface area contributed by atoms with E-state index in [-0.39, 0.29) is 5.41 Å². The Bertz CT molecular complexity index is 481. The zero-order valence-corrected chi connectivity index (χ0v) is 10.4. The van der Waals surface area contributed by atoms with Gasteiger partial charge in [-0.05, 0) is 17.0 Å². The molecule has 2 rings (SSSR count). The predicted molar refractivity (Wildman–Crippen MR) is 66.3 cm³/mol. The second kappa shape index (κ2) is 3.83. The van der Waals surface area contributed by atoms with Crippen LogP contribution in [0.2, 0.25) is 0 Å². The van der Waals surface area contributed by atoms with Gasteiger partial charge in [0.1, 0.15) is 5.69 Å². The number of nitrogens with zero attached hydrogens (tertiary/aromatic N) is 3. The van der Waals surface area contributed by atoms with Gasteiger partial charge < -0.3 is 5.73 Å². The Kier molecular flexibility index (Phi) is 2.63. The molecule has 2 heterocycles. The van der Waals surface area contributed by atoms with Crippen molar-refractivity contribution in [2.75, 3.05) is 5.73 Å². The van der Waals surface area contributed by atoms with Crippen molar-refractivity contribution in [3.8, 4) is 10.7 Å². The van der Waals surface area contributed by atoms with Gasteiger partial charge in [-0.15, -0.1) is 10.2 Å². The normalized spacial score (nSPS) is 11.7. The van der Waals surface area contributed by atoms with E-state index >= 15 is 0 Å². The summed E-state index contributed by atoms with van der Waals surface area (Å²) in [6.07, 6.45) is 1.88. The molecule has 16 heavy (non-hydrogen) atoms. The zero-order valence-electron chi connectivity index (χ0n) is 9.56. The largest absolute Gasteiger partial charge is 0.374 e. The number of nitrogen functional groups attached to an aromatic ring is 1. The molecule has 0 radical (unpaired) electrons. The van der Waals surface area contributed by atoms with E-state index in [1.165, 1.54) is 16.9 Å². The molecule has 0 aliphatic heterocycles. The molecule has 4 nitrogen and oxygen atoms in total. The summed E-state index contributed by atoms with van der Waals surface area (Å²) in [6, 6.07) is 4.03. The highest BCUT2D eigenvalue weighted by Gasteiger charge is 2.14. The maximum atomic E-state index is 5.53. The minimum atomic E-state index is 0.117. The number of hydrogen-bond acceptors (Lipinski definition) is 5. The fourth-order valence-corrected chi connectivity index (χ4v) is 1.89. The zero-order chi connectivity index (χ0) is 11.8. The summed E-state index contributed by atoms with van der Waals surface area (Å²) < 4.78 is 0. The van der Waals surface area contributed by atoms with Gasteiger partial charge in [0, 0.05) is 6.20 Å². The second-order valence-electron chi connectivity index (χ2n) is 4.63. The van der Waals surface area contributed by atoms with Crippen molar-refractivity contribution in [2.45, 2.75) is 26.2 Å². The summed E-state index contributed by atoms with van der Waals surface area (Å²) in [4.78, 5) is 4.38. The van der Waals surface area contributed by atoms with Gasteiger partial charge in [0.2, 0.25) is 5.13 Å². The van der Waals surface area contributed by atoms with Crippen LogP contribution < -0.4 is 5.73 Å². The molecule has 0 aromatic carbocycles. The molecule has 2 N–H and O–H groups in total. The van der Waals surface area contributed by atoms with Crippen molar-refractivity contribution in [3.63, 3.8) is 0 Å². The standard InChI is InChI=1S/C11H14N4S/c1-11(2,3)7-4-5-8(13-6-7)9-14-15-10(12)16-9/h4-6H,1-3H3,(H2,12,15). The molecule has 0 bridgehead atoms. The highest BCUT2D eigenvalue weighted by atomic mass is 32.1. The fraction of sp³-hybridized carbons (Fsp3) is 0.364. The van der Waals surface area contributed by atoms with Crippen LogP contribution in [0.4, 0.5) is 5.13 Å². The molecule has 0 atom stereocenters. The van der Waals surface area contributed by atoms with E-state index < -0.39 is 0 Å². The molecule has 0 saturated heterocycles. The lowest BCUT2D eigenvalue weighted by Crippen LogP contribution is -2.11. The van der Waals surface area contributed by atoms with E-state index in [0.29, 0.717) is 5.13 Å². The Morgan fingerprint density at radius 1 is 1.19 bits per heavy atom. The maximum Gasteiger partial charge on any atom is 0.203 e. The van der Waals surface area contributed by atoms with Crippen molar-refractivity contribution in [1.82, 2.24) is 15.2 Å². The van der Waals surface area contributed by atoms with Crippen LogP contribution >= 0.6 is 11.3 Å². The Morgan fingerprint density at radius 3 is 2.38 bits per heavy atom. The molecule has 0 aliphatic carbocycles. The van der Waals surface area contributed by atoms with Crippen LogP contribution in [-0.2, 0) is 5.41 Å². The quantitative estimate of drug-likeness (QED) is 0.823. The molecule has 0 unspecified atom stereocenters. The molecule has 5 heteroatoms. The van der Waals surface area contributed by atoms with E-state index in [4.69, 9.17) is 5.73 Å². The third-order valence-electron chi connectivity index (χ3n) is 2.29. The molecule has 0 spiro atoms. The first-order valence-corrected chi connectivity index (χ1v) is 5.84. The van der Waals surface area contributed by atoms with Gasteiger partial charge in [-0.2, -0.15) is 0 Å². The van der Waals surface area contributed by atoms with E-state index in [1.807, 2.05) is 12.3 Å². The van der Waals surface area contributed by atoms with Crippen LogP contribution in [0, 0.1) is 0 Å². The molecule has 0 fully saturated rings. The average Bonchev–Trinajstić information content (AvgIpc) is 2.64. The highest BCUT2D eigenvalue weighted by molar-refractivity contribution is 7.18. The summed E-state index contributed by atoms with van der Waals surface area (Å²) in [5, 5.41) is 8.96. The SMILES string of the molecule is CC(C)(C)c1ccc(-c2nnc(N)s2)nc1. The number of rotatable bonds is 1. The molecule has 84 valence electrons. The number of nitrogens with two attached hydrogens (primary N) is 1. The summed E-state index contributed by atoms with van der Waals surface area (Å²) in [5.41, 5.74) is 7.67. The van der Waals surface area contributed by atoms with Gasteiger partial charge in [-0.1, -0.05) is 38.2 Å². The van der Waals surface area contributed by atoms with Gasteiger partial charge in [-0.3, -0.25) is 4.98 Å². The van der Waals surface area contributed by atoms with Crippen LogP contribution in [0.25, 0.3) is 10.7 Å². The topological polar surface area (TPSA) is 64.7 Å². The summed E-state index contributed by atoms with van der Waals surface area (Å²) >= 11 is 1.35. The Balaban J connectivity index is 2.33. The molecular formula is C11H14N4S. The van der Waals surface area contributed by atoms with Crippen LogP contribution in [0.3, 0.4) is 0 Å². The second-order valence-corrected chi connectivity index (χ2v) is 5.64. The fourth-order valence-electron chi connectivity index (χ4n) is 1.30. The van der Waals surface area contributed by atoms with Crippen LogP contribution in [0.5, 0.6) is 0 Å². The first kappa shape index (κ1) is 11.0. The van der Waals surface area contributed by atoms with Crippen molar-refractivity contribution in [3.05, 3.63) is 23.9 Å². The molecule has 0 amide bonds.